The number of benzene rings is 1. The Labute approximate surface area is 106 Å². The van der Waals surface area contributed by atoms with Crippen LogP contribution in [0.1, 0.15) is 36.4 Å². The first-order valence-corrected chi connectivity index (χ1v) is 6.20. The molecule has 0 amide bonds. The molecule has 2 aromatic rings. The van der Waals surface area contributed by atoms with Crippen molar-refractivity contribution in [3.63, 3.8) is 0 Å². The third-order valence-corrected chi connectivity index (χ3v) is 3.55. The van der Waals surface area contributed by atoms with E-state index in [9.17, 15) is 4.39 Å². The van der Waals surface area contributed by atoms with E-state index >= 15 is 0 Å². The number of hydrogen-bond acceptors (Lipinski definition) is 2. The Morgan fingerprint density at radius 1 is 1.33 bits per heavy atom. The second-order valence-corrected chi connectivity index (χ2v) is 4.85. The molecule has 92 valence electrons. The van der Waals surface area contributed by atoms with E-state index in [4.69, 9.17) is 0 Å². The van der Waals surface area contributed by atoms with Crippen molar-refractivity contribution in [2.75, 3.05) is 5.32 Å². The molecule has 3 heteroatoms. The SMILES string of the molecule is C[C@H]1C[C@@H](c2cccnc2)Nc2ccc(F)cc21. The number of nitrogens with one attached hydrogen (secondary N) is 1. The van der Waals surface area contributed by atoms with Gasteiger partial charge in [-0.3, -0.25) is 4.98 Å². The Bertz CT molecular complexity index is 554. The summed E-state index contributed by atoms with van der Waals surface area (Å²) in [6.45, 7) is 2.14. The summed E-state index contributed by atoms with van der Waals surface area (Å²) in [5, 5.41) is 3.46. The van der Waals surface area contributed by atoms with E-state index in [2.05, 4.69) is 23.3 Å². The molecule has 1 aliphatic rings. The summed E-state index contributed by atoms with van der Waals surface area (Å²) >= 11 is 0. The summed E-state index contributed by atoms with van der Waals surface area (Å²) in [5.41, 5.74) is 3.28. The zero-order valence-electron chi connectivity index (χ0n) is 10.2. The fraction of sp³-hybridized carbons (Fsp3) is 0.267. The van der Waals surface area contributed by atoms with E-state index in [1.165, 1.54) is 11.6 Å². The Morgan fingerprint density at radius 3 is 3.00 bits per heavy atom. The lowest BCUT2D eigenvalue weighted by atomic mass is 9.86. The van der Waals surface area contributed by atoms with Crippen LogP contribution in [0.4, 0.5) is 10.1 Å². The predicted octanol–water partition coefficient (Wildman–Crippen LogP) is 3.88. The van der Waals surface area contributed by atoms with Gasteiger partial charge in [-0.2, -0.15) is 0 Å². The third kappa shape index (κ3) is 1.96. The first-order chi connectivity index (χ1) is 8.74. The molecule has 0 bridgehead atoms. The summed E-state index contributed by atoms with van der Waals surface area (Å²) in [6.07, 6.45) is 4.63. The first-order valence-electron chi connectivity index (χ1n) is 6.20. The number of nitrogens with zero attached hydrogens (tertiary/aromatic N) is 1. The highest BCUT2D eigenvalue weighted by Crippen LogP contribution is 2.39. The largest absolute Gasteiger partial charge is 0.378 e. The molecule has 1 N–H and O–H groups in total. The van der Waals surface area contributed by atoms with E-state index in [0.717, 1.165) is 17.7 Å². The van der Waals surface area contributed by atoms with Gasteiger partial charge in [-0.15, -0.1) is 0 Å². The van der Waals surface area contributed by atoms with Crippen molar-refractivity contribution in [1.82, 2.24) is 4.98 Å². The maximum Gasteiger partial charge on any atom is 0.123 e. The summed E-state index contributed by atoms with van der Waals surface area (Å²) in [5.74, 6) is 0.185. The molecule has 0 spiro atoms. The lowest BCUT2D eigenvalue weighted by Gasteiger charge is -2.31. The molecule has 1 aromatic carbocycles. The average molecular weight is 242 g/mol. The van der Waals surface area contributed by atoms with E-state index < -0.39 is 0 Å². The van der Waals surface area contributed by atoms with Crippen molar-refractivity contribution in [2.45, 2.75) is 25.3 Å². The maximum atomic E-state index is 13.3. The number of rotatable bonds is 1. The average Bonchev–Trinajstić information content (AvgIpc) is 2.40. The lowest BCUT2D eigenvalue weighted by molar-refractivity contribution is 0.567. The third-order valence-electron chi connectivity index (χ3n) is 3.55. The van der Waals surface area contributed by atoms with E-state index in [1.807, 2.05) is 18.3 Å². The lowest BCUT2D eigenvalue weighted by Crippen LogP contribution is -2.20. The molecule has 3 rings (SSSR count). The number of aromatic nitrogens is 1. The highest BCUT2D eigenvalue weighted by molar-refractivity contribution is 5.56. The second kappa shape index (κ2) is 4.41. The minimum Gasteiger partial charge on any atom is -0.378 e. The van der Waals surface area contributed by atoms with Crippen LogP contribution < -0.4 is 5.32 Å². The highest BCUT2D eigenvalue weighted by Gasteiger charge is 2.24. The maximum absolute atomic E-state index is 13.3. The van der Waals surface area contributed by atoms with Gasteiger partial charge in [-0.05, 0) is 47.7 Å². The van der Waals surface area contributed by atoms with Crippen LogP contribution in [0.15, 0.2) is 42.7 Å². The molecule has 0 aliphatic carbocycles. The van der Waals surface area contributed by atoms with E-state index in [1.54, 1.807) is 12.3 Å². The predicted molar refractivity (Wildman–Crippen MR) is 70.0 cm³/mol. The minimum absolute atomic E-state index is 0.165. The molecule has 0 radical (unpaired) electrons. The van der Waals surface area contributed by atoms with Crippen molar-refractivity contribution in [1.29, 1.82) is 0 Å². The van der Waals surface area contributed by atoms with Crippen molar-refractivity contribution in [3.8, 4) is 0 Å². The van der Waals surface area contributed by atoms with Crippen LogP contribution in [0.2, 0.25) is 0 Å². The Hall–Kier alpha value is -1.90. The molecule has 18 heavy (non-hydrogen) atoms. The summed E-state index contributed by atoms with van der Waals surface area (Å²) in [4.78, 5) is 4.15. The van der Waals surface area contributed by atoms with Gasteiger partial charge in [0.1, 0.15) is 5.82 Å². The topological polar surface area (TPSA) is 24.9 Å². The Kier molecular flexibility index (Phi) is 2.74. The molecular formula is C15H15FN2. The summed E-state index contributed by atoms with van der Waals surface area (Å²) in [7, 11) is 0. The van der Waals surface area contributed by atoms with Crippen LogP contribution in [0, 0.1) is 5.82 Å². The van der Waals surface area contributed by atoms with Crippen LogP contribution in [0.5, 0.6) is 0 Å². The van der Waals surface area contributed by atoms with Crippen LogP contribution >= 0.6 is 0 Å². The highest BCUT2D eigenvalue weighted by atomic mass is 19.1. The fourth-order valence-electron chi connectivity index (χ4n) is 2.60. The van der Waals surface area contributed by atoms with Gasteiger partial charge in [0.2, 0.25) is 0 Å². The van der Waals surface area contributed by atoms with Crippen LogP contribution in [0.3, 0.4) is 0 Å². The van der Waals surface area contributed by atoms with Crippen molar-refractivity contribution in [3.05, 3.63) is 59.7 Å². The Morgan fingerprint density at radius 2 is 2.22 bits per heavy atom. The fourth-order valence-corrected chi connectivity index (χ4v) is 2.60. The van der Waals surface area contributed by atoms with Gasteiger partial charge in [-0.25, -0.2) is 4.39 Å². The van der Waals surface area contributed by atoms with Gasteiger partial charge in [-0.1, -0.05) is 13.0 Å². The number of fused-ring (bicyclic) bond motifs is 1. The quantitative estimate of drug-likeness (QED) is 0.820. The molecule has 1 aliphatic heterocycles. The number of hydrogen-bond donors (Lipinski definition) is 1. The molecule has 0 saturated heterocycles. The van der Waals surface area contributed by atoms with E-state index in [-0.39, 0.29) is 11.9 Å². The number of pyridine rings is 1. The van der Waals surface area contributed by atoms with Crippen LogP contribution in [-0.4, -0.2) is 4.98 Å². The van der Waals surface area contributed by atoms with E-state index in [0.29, 0.717) is 5.92 Å². The molecular weight excluding hydrogens is 227 g/mol. The molecule has 0 unspecified atom stereocenters. The van der Waals surface area contributed by atoms with Crippen LogP contribution in [0.25, 0.3) is 0 Å². The Balaban J connectivity index is 1.95. The van der Waals surface area contributed by atoms with Gasteiger partial charge < -0.3 is 5.32 Å². The van der Waals surface area contributed by atoms with Crippen molar-refractivity contribution in [2.24, 2.45) is 0 Å². The molecule has 0 saturated carbocycles. The number of anilines is 1. The normalized spacial score (nSPS) is 22.1. The molecule has 0 fully saturated rings. The molecule has 1 aromatic heterocycles. The van der Waals surface area contributed by atoms with Gasteiger partial charge in [0.15, 0.2) is 0 Å². The van der Waals surface area contributed by atoms with Gasteiger partial charge in [0, 0.05) is 18.1 Å². The van der Waals surface area contributed by atoms with Gasteiger partial charge in [0.05, 0.1) is 6.04 Å². The monoisotopic (exact) mass is 242 g/mol. The zero-order chi connectivity index (χ0) is 12.5. The van der Waals surface area contributed by atoms with Crippen LogP contribution in [-0.2, 0) is 0 Å². The standard InChI is InChI=1S/C15H15FN2/c1-10-7-15(11-3-2-6-17-9-11)18-14-5-4-12(16)8-13(10)14/h2-6,8-10,15,18H,7H2,1H3/t10-,15-/m0/s1. The zero-order valence-corrected chi connectivity index (χ0v) is 10.2. The first kappa shape index (κ1) is 11.2. The number of halogens is 1. The smallest absolute Gasteiger partial charge is 0.123 e. The molecule has 2 atom stereocenters. The molecule has 2 heterocycles. The van der Waals surface area contributed by atoms with Gasteiger partial charge >= 0.3 is 0 Å². The summed E-state index contributed by atoms with van der Waals surface area (Å²) < 4.78 is 13.3. The minimum atomic E-state index is -0.165. The second-order valence-electron chi connectivity index (χ2n) is 4.85. The molecule has 2 nitrogen and oxygen atoms in total. The van der Waals surface area contributed by atoms with Gasteiger partial charge in [0.25, 0.3) is 0 Å². The summed E-state index contributed by atoms with van der Waals surface area (Å²) in [6, 6.07) is 9.24. The van der Waals surface area contributed by atoms with Crippen molar-refractivity contribution >= 4 is 5.69 Å². The van der Waals surface area contributed by atoms with Crippen molar-refractivity contribution < 1.29 is 4.39 Å².